The molecule has 0 radical (unpaired) electrons. The van der Waals surface area contributed by atoms with Crippen molar-refractivity contribution in [1.82, 2.24) is 5.06 Å². The number of amides is 1. The van der Waals surface area contributed by atoms with Crippen molar-refractivity contribution < 1.29 is 23.5 Å². The summed E-state index contributed by atoms with van der Waals surface area (Å²) < 4.78 is 18.5. The Morgan fingerprint density at radius 2 is 1.74 bits per heavy atom. The summed E-state index contributed by atoms with van der Waals surface area (Å²) in [5.74, 6) is 0.966. The summed E-state index contributed by atoms with van der Waals surface area (Å²) >= 11 is 0. The number of nitrogens with zero attached hydrogens (tertiary/aromatic N) is 1. The molecule has 3 rings (SSSR count). The smallest absolute Gasteiger partial charge is 0.251 e. The van der Waals surface area contributed by atoms with Gasteiger partial charge in [-0.15, -0.1) is 0 Å². The molecule has 7 heteroatoms. The minimum atomic E-state index is -2.10. The summed E-state index contributed by atoms with van der Waals surface area (Å²) in [6.07, 6.45) is 8.92. The van der Waals surface area contributed by atoms with Gasteiger partial charge in [-0.1, -0.05) is 53.7 Å². The molecule has 0 bridgehead atoms. The van der Waals surface area contributed by atoms with E-state index in [0.717, 1.165) is 25.7 Å². The van der Waals surface area contributed by atoms with E-state index in [1.54, 1.807) is 21.3 Å². The molecule has 0 heterocycles. The molecular formula is C28H51NO5Si. The van der Waals surface area contributed by atoms with Crippen molar-refractivity contribution >= 4 is 14.2 Å². The first-order valence-corrected chi connectivity index (χ1v) is 16.3. The van der Waals surface area contributed by atoms with E-state index in [-0.39, 0.29) is 45.8 Å². The molecule has 3 aliphatic rings. The second-order valence-electron chi connectivity index (χ2n) is 13.5. The van der Waals surface area contributed by atoms with E-state index in [0.29, 0.717) is 18.6 Å². The highest BCUT2D eigenvalue weighted by molar-refractivity contribution is 6.74. The van der Waals surface area contributed by atoms with Gasteiger partial charge in [0.05, 0.1) is 25.2 Å². The highest BCUT2D eigenvalue weighted by Crippen LogP contribution is 2.63. The maximum Gasteiger partial charge on any atom is 0.251 e. The number of hydrogen-bond donors (Lipinski definition) is 0. The molecule has 0 aromatic rings. The quantitative estimate of drug-likeness (QED) is 0.181. The van der Waals surface area contributed by atoms with Crippen LogP contribution in [0, 0.1) is 34.5 Å². The van der Waals surface area contributed by atoms with Gasteiger partial charge < -0.3 is 13.9 Å². The summed E-state index contributed by atoms with van der Waals surface area (Å²) in [4.78, 5) is 18.8. The third-order valence-corrected chi connectivity index (χ3v) is 14.7. The van der Waals surface area contributed by atoms with Crippen LogP contribution < -0.4 is 0 Å². The minimum Gasteiger partial charge on any atom is -0.413 e. The maximum absolute atomic E-state index is 13.4. The highest BCUT2D eigenvalue weighted by atomic mass is 28.4. The Labute approximate surface area is 215 Å². The molecule has 0 aromatic carbocycles. The largest absolute Gasteiger partial charge is 0.413 e. The van der Waals surface area contributed by atoms with E-state index >= 15 is 0 Å². The highest BCUT2D eigenvalue weighted by Gasteiger charge is 2.60. The molecular weight excluding hydrogens is 458 g/mol. The molecule has 0 aromatic heterocycles. The Hall–Kier alpha value is -0.733. The third-order valence-electron chi connectivity index (χ3n) is 10.2. The number of carbonyl (C=O) groups is 1. The third kappa shape index (κ3) is 5.18. The van der Waals surface area contributed by atoms with Gasteiger partial charge in [0.15, 0.2) is 8.32 Å². The van der Waals surface area contributed by atoms with Crippen LogP contribution in [0.25, 0.3) is 0 Å². The van der Waals surface area contributed by atoms with Crippen molar-refractivity contribution in [2.24, 2.45) is 34.5 Å². The molecule has 6 nitrogen and oxygen atoms in total. The Morgan fingerprint density at radius 3 is 2.31 bits per heavy atom. The fourth-order valence-electron chi connectivity index (χ4n) is 7.08. The molecule has 1 amide bonds. The second kappa shape index (κ2) is 10.2. The lowest BCUT2D eigenvalue weighted by Gasteiger charge is -2.62. The zero-order valence-corrected chi connectivity index (χ0v) is 25.1. The number of ether oxygens (including phenoxy) is 2. The van der Waals surface area contributed by atoms with E-state index in [2.05, 4.69) is 66.8 Å². The predicted octanol–water partition coefficient (Wildman–Crippen LogP) is 6.04. The predicted molar refractivity (Wildman–Crippen MR) is 142 cm³/mol. The van der Waals surface area contributed by atoms with Gasteiger partial charge in [0.2, 0.25) is 0 Å². The van der Waals surface area contributed by atoms with Crippen LogP contribution in [0.4, 0.5) is 0 Å². The molecule has 202 valence electrons. The normalized spacial score (nSPS) is 36.9. The van der Waals surface area contributed by atoms with Crippen molar-refractivity contribution in [1.29, 1.82) is 0 Å². The van der Waals surface area contributed by atoms with Gasteiger partial charge in [0.1, 0.15) is 6.79 Å². The van der Waals surface area contributed by atoms with Crippen LogP contribution in [-0.4, -0.2) is 59.6 Å². The lowest BCUT2D eigenvalue weighted by atomic mass is 9.45. The van der Waals surface area contributed by atoms with Crippen molar-refractivity contribution in [3.8, 4) is 0 Å². The summed E-state index contributed by atoms with van der Waals surface area (Å²) in [5.41, 5.74) is 0.151. The van der Waals surface area contributed by atoms with E-state index < -0.39 is 8.32 Å². The second-order valence-corrected chi connectivity index (χ2v) is 18.3. The fourth-order valence-corrected chi connectivity index (χ4v) is 8.44. The van der Waals surface area contributed by atoms with Crippen LogP contribution in [0.2, 0.25) is 18.1 Å². The van der Waals surface area contributed by atoms with Crippen LogP contribution >= 0.6 is 0 Å². The number of hydrogen-bond acceptors (Lipinski definition) is 5. The number of carbonyl (C=O) groups excluding carboxylic acids is 1. The van der Waals surface area contributed by atoms with Crippen LogP contribution in [0.3, 0.4) is 0 Å². The van der Waals surface area contributed by atoms with E-state index in [4.69, 9.17) is 18.7 Å². The molecule has 0 saturated heterocycles. The monoisotopic (exact) mass is 509 g/mol. The molecule has 0 unspecified atom stereocenters. The van der Waals surface area contributed by atoms with E-state index in [9.17, 15) is 4.79 Å². The minimum absolute atomic E-state index is 0.00568. The van der Waals surface area contributed by atoms with Crippen LogP contribution in [0.15, 0.2) is 12.2 Å². The average molecular weight is 510 g/mol. The van der Waals surface area contributed by atoms with E-state index in [1.807, 2.05) is 0 Å². The van der Waals surface area contributed by atoms with E-state index in [1.165, 1.54) is 5.06 Å². The SMILES string of the molecule is COCO[C@H]1CC[C@]2(C)[C@H]3CC[C@H](C(=O)N(C)OC)[C@H](O[Si](C)(C)C(C)(C)C)[C@H]3C=C[C@H]2C1(C)C. The maximum atomic E-state index is 13.4. The molecule has 35 heavy (non-hydrogen) atoms. The average Bonchev–Trinajstić information content (AvgIpc) is 2.76. The van der Waals surface area contributed by atoms with Crippen molar-refractivity contribution in [2.45, 2.75) is 97.6 Å². The molecule has 0 spiro atoms. The topological polar surface area (TPSA) is 57.2 Å². The van der Waals surface area contributed by atoms with Gasteiger partial charge >= 0.3 is 0 Å². The number of rotatable bonds is 7. The molecule has 7 atom stereocenters. The van der Waals surface area contributed by atoms with Crippen LogP contribution in [0.5, 0.6) is 0 Å². The molecule has 2 saturated carbocycles. The fraction of sp³-hybridized carbons (Fsp3) is 0.893. The van der Waals surface area contributed by atoms with Gasteiger partial charge in [-0.3, -0.25) is 9.63 Å². The lowest BCUT2D eigenvalue weighted by Crippen LogP contribution is -2.60. The summed E-state index contributed by atoms with van der Waals surface area (Å²) in [6, 6.07) is 0. The summed E-state index contributed by atoms with van der Waals surface area (Å²) in [7, 11) is 2.87. The van der Waals surface area contributed by atoms with Crippen molar-refractivity contribution in [2.75, 3.05) is 28.1 Å². The first kappa shape index (κ1) is 28.8. The standard InChI is InChI=1S/C28H51NO5Si/c1-26(2,3)35(10,11)34-24-19-13-15-22-27(4,5)23(33-18-31-8)16-17-28(22,6)21(19)14-12-20(24)25(30)29(7)32-9/h13,15,19-24H,12,14,16-18H2,1-11H3/t19-,20-,21-,22-,23-,24+,28+/m0/s1. The van der Waals surface area contributed by atoms with Gasteiger partial charge in [-0.25, -0.2) is 5.06 Å². The lowest BCUT2D eigenvalue weighted by molar-refractivity contribution is -0.190. The van der Waals surface area contributed by atoms with Gasteiger partial charge in [0, 0.05) is 20.1 Å². The molecule has 2 fully saturated rings. The van der Waals surface area contributed by atoms with Gasteiger partial charge in [0.25, 0.3) is 5.91 Å². The Morgan fingerprint density at radius 1 is 1.09 bits per heavy atom. The first-order chi connectivity index (χ1) is 16.1. The van der Waals surface area contributed by atoms with Gasteiger partial charge in [-0.05, 0) is 66.5 Å². The summed E-state index contributed by atoms with van der Waals surface area (Å²) in [5, 5.41) is 1.47. The van der Waals surface area contributed by atoms with Crippen LogP contribution in [0.1, 0.15) is 67.2 Å². The number of methoxy groups -OCH3 is 1. The number of hydroxylamine groups is 2. The van der Waals surface area contributed by atoms with Gasteiger partial charge in [-0.2, -0.15) is 0 Å². The Balaban J connectivity index is 2.00. The molecule has 0 aliphatic heterocycles. The number of fused-ring (bicyclic) bond motifs is 3. The van der Waals surface area contributed by atoms with Crippen LogP contribution in [-0.2, 0) is 23.5 Å². The number of allylic oxidation sites excluding steroid dienone is 1. The Bertz CT molecular complexity index is 791. The zero-order valence-electron chi connectivity index (χ0n) is 24.1. The first-order valence-electron chi connectivity index (χ1n) is 13.4. The zero-order chi connectivity index (χ0) is 26.4. The Kier molecular flexibility index (Phi) is 8.40. The molecule has 3 aliphatic carbocycles. The summed E-state index contributed by atoms with van der Waals surface area (Å²) in [6.45, 7) is 19.0. The van der Waals surface area contributed by atoms with Crippen molar-refractivity contribution in [3.63, 3.8) is 0 Å². The molecule has 0 N–H and O–H groups in total. The van der Waals surface area contributed by atoms with Crippen molar-refractivity contribution in [3.05, 3.63) is 12.2 Å².